The van der Waals surface area contributed by atoms with Crippen molar-refractivity contribution in [2.45, 2.75) is 26.2 Å². The van der Waals surface area contributed by atoms with Gasteiger partial charge in [-0.3, -0.25) is 9.59 Å². The number of nitrogens with zero attached hydrogens (tertiary/aromatic N) is 4. The van der Waals surface area contributed by atoms with Crippen molar-refractivity contribution in [1.29, 1.82) is 0 Å². The van der Waals surface area contributed by atoms with Crippen LogP contribution in [0.25, 0.3) is 0 Å². The molecule has 0 unspecified atom stereocenters. The van der Waals surface area contributed by atoms with Crippen molar-refractivity contribution < 1.29 is 9.59 Å². The fraction of sp³-hybridized carbons (Fsp3) is 0.400. The molecule has 0 saturated carbocycles. The number of carbonyl (C=O) groups is 2. The highest BCUT2D eigenvalue weighted by Gasteiger charge is 2.18. The lowest BCUT2D eigenvalue weighted by Crippen LogP contribution is -2.46. The van der Waals surface area contributed by atoms with Gasteiger partial charge in [-0.15, -0.1) is 10.2 Å². The van der Waals surface area contributed by atoms with E-state index in [1.54, 1.807) is 11.0 Å². The molecule has 0 bridgehead atoms. The molecule has 27 heavy (non-hydrogen) atoms. The highest BCUT2D eigenvalue weighted by Crippen LogP contribution is 2.22. The Balaban J connectivity index is 1.61. The zero-order chi connectivity index (χ0) is 19.4. The number of aromatic nitrogens is 2. The Kier molecular flexibility index (Phi) is 5.39. The first-order chi connectivity index (χ1) is 12.9. The topological polar surface area (TPSA) is 78.4 Å². The average Bonchev–Trinajstić information content (AvgIpc) is 2.68. The molecular weight excluding hydrogens is 342 g/mol. The maximum absolute atomic E-state index is 12.4. The van der Waals surface area contributed by atoms with Gasteiger partial charge in [-0.05, 0) is 35.2 Å². The molecule has 1 N–H and O–H groups in total. The summed E-state index contributed by atoms with van der Waals surface area (Å²) in [4.78, 5) is 27.0. The zero-order valence-electron chi connectivity index (χ0n) is 16.0. The molecule has 2 aromatic rings. The van der Waals surface area contributed by atoms with E-state index < -0.39 is 0 Å². The van der Waals surface area contributed by atoms with Crippen LogP contribution < -0.4 is 10.2 Å². The molecule has 7 heteroatoms. The van der Waals surface area contributed by atoms with Gasteiger partial charge in [-0.2, -0.15) is 0 Å². The molecule has 1 saturated heterocycles. The van der Waals surface area contributed by atoms with E-state index in [2.05, 4.69) is 41.2 Å². The SMILES string of the molecule is CC(C)(C)c1ccc(C(=O)Nc2ccc(N3CCN(C=O)CC3)nn2)cc1. The molecule has 1 fully saturated rings. The summed E-state index contributed by atoms with van der Waals surface area (Å²) in [5, 5.41) is 11.1. The summed E-state index contributed by atoms with van der Waals surface area (Å²) in [6, 6.07) is 11.2. The predicted octanol–water partition coefficient (Wildman–Crippen LogP) is 2.30. The van der Waals surface area contributed by atoms with Crippen molar-refractivity contribution in [1.82, 2.24) is 15.1 Å². The van der Waals surface area contributed by atoms with Gasteiger partial charge in [0.25, 0.3) is 5.91 Å². The van der Waals surface area contributed by atoms with E-state index in [0.717, 1.165) is 25.3 Å². The minimum atomic E-state index is -0.211. The molecule has 1 aliphatic heterocycles. The number of benzene rings is 1. The van der Waals surface area contributed by atoms with Crippen LogP contribution >= 0.6 is 0 Å². The third-order valence-corrected chi connectivity index (χ3v) is 4.69. The van der Waals surface area contributed by atoms with Crippen LogP contribution in [-0.4, -0.2) is 53.6 Å². The highest BCUT2D eigenvalue weighted by atomic mass is 16.1. The summed E-state index contributed by atoms with van der Waals surface area (Å²) < 4.78 is 0. The Morgan fingerprint density at radius 2 is 1.67 bits per heavy atom. The molecule has 7 nitrogen and oxygen atoms in total. The third-order valence-electron chi connectivity index (χ3n) is 4.69. The average molecular weight is 367 g/mol. The van der Waals surface area contributed by atoms with Crippen LogP contribution in [0.2, 0.25) is 0 Å². The Morgan fingerprint density at radius 1 is 1.00 bits per heavy atom. The minimum Gasteiger partial charge on any atom is -0.352 e. The molecule has 1 aromatic heterocycles. The monoisotopic (exact) mass is 367 g/mol. The van der Waals surface area contributed by atoms with Gasteiger partial charge >= 0.3 is 0 Å². The Hall–Kier alpha value is -2.96. The Bertz CT molecular complexity index is 789. The summed E-state index contributed by atoms with van der Waals surface area (Å²) in [5.41, 5.74) is 1.81. The second-order valence-electron chi connectivity index (χ2n) is 7.69. The number of nitrogens with one attached hydrogen (secondary N) is 1. The second-order valence-corrected chi connectivity index (χ2v) is 7.69. The first-order valence-electron chi connectivity index (χ1n) is 9.07. The fourth-order valence-corrected chi connectivity index (χ4v) is 2.93. The van der Waals surface area contributed by atoms with Crippen molar-refractivity contribution in [2.75, 3.05) is 36.4 Å². The van der Waals surface area contributed by atoms with Gasteiger partial charge in [0.05, 0.1) is 0 Å². The number of hydrogen-bond acceptors (Lipinski definition) is 5. The number of piperazine rings is 1. The Morgan fingerprint density at radius 3 is 2.19 bits per heavy atom. The van der Waals surface area contributed by atoms with E-state index in [1.807, 2.05) is 30.3 Å². The summed E-state index contributed by atoms with van der Waals surface area (Å²) in [6.45, 7) is 9.20. The first kappa shape index (κ1) is 18.8. The quantitative estimate of drug-likeness (QED) is 0.839. The summed E-state index contributed by atoms with van der Waals surface area (Å²) in [7, 11) is 0. The lowest BCUT2D eigenvalue weighted by molar-refractivity contribution is -0.118. The lowest BCUT2D eigenvalue weighted by atomic mass is 9.87. The molecule has 2 amide bonds. The minimum absolute atomic E-state index is 0.0491. The molecule has 0 atom stereocenters. The molecule has 3 rings (SSSR count). The normalized spacial score (nSPS) is 14.8. The molecule has 0 spiro atoms. The van der Waals surface area contributed by atoms with Crippen LogP contribution in [-0.2, 0) is 10.2 Å². The fourth-order valence-electron chi connectivity index (χ4n) is 2.93. The number of hydrogen-bond donors (Lipinski definition) is 1. The summed E-state index contributed by atoms with van der Waals surface area (Å²) in [6.07, 6.45) is 0.871. The van der Waals surface area contributed by atoms with Gasteiger partial charge in [-0.25, -0.2) is 0 Å². The molecule has 142 valence electrons. The van der Waals surface area contributed by atoms with Crippen LogP contribution in [0.5, 0.6) is 0 Å². The van der Waals surface area contributed by atoms with Gasteiger partial charge in [0, 0.05) is 31.7 Å². The van der Waals surface area contributed by atoms with Gasteiger partial charge < -0.3 is 15.1 Å². The summed E-state index contributed by atoms with van der Waals surface area (Å²) >= 11 is 0. The van der Waals surface area contributed by atoms with Crippen LogP contribution in [0, 0.1) is 0 Å². The molecule has 0 aliphatic carbocycles. The van der Waals surface area contributed by atoms with Crippen LogP contribution in [0.3, 0.4) is 0 Å². The number of anilines is 2. The summed E-state index contributed by atoms with van der Waals surface area (Å²) in [5.74, 6) is 0.945. The Labute approximate surface area is 159 Å². The van der Waals surface area contributed by atoms with E-state index in [1.165, 1.54) is 5.56 Å². The van der Waals surface area contributed by atoms with Gasteiger partial charge in [0.15, 0.2) is 11.6 Å². The standard InChI is InChI=1S/C20H25N5O2/c1-20(2,3)16-6-4-15(5-7-16)19(27)21-17-8-9-18(23-22-17)25-12-10-24(14-26)11-13-25/h4-9,14H,10-13H2,1-3H3,(H,21,22,27). The number of amides is 2. The molecule has 1 aliphatic rings. The third kappa shape index (κ3) is 4.61. The second kappa shape index (κ2) is 7.73. The van der Waals surface area contributed by atoms with E-state index >= 15 is 0 Å². The van der Waals surface area contributed by atoms with Gasteiger partial charge in [0.1, 0.15) is 0 Å². The van der Waals surface area contributed by atoms with Gasteiger partial charge in [0.2, 0.25) is 6.41 Å². The molecular formula is C20H25N5O2. The molecule has 0 radical (unpaired) electrons. The van der Waals surface area contributed by atoms with Crippen LogP contribution in [0.15, 0.2) is 36.4 Å². The van der Waals surface area contributed by atoms with Crippen LogP contribution in [0.1, 0.15) is 36.7 Å². The number of rotatable bonds is 4. The van der Waals surface area contributed by atoms with Crippen LogP contribution in [0.4, 0.5) is 11.6 Å². The van der Waals surface area contributed by atoms with E-state index in [9.17, 15) is 9.59 Å². The van der Waals surface area contributed by atoms with E-state index in [0.29, 0.717) is 24.5 Å². The molecule has 2 heterocycles. The van der Waals surface area contributed by atoms with Crippen molar-refractivity contribution in [3.8, 4) is 0 Å². The van der Waals surface area contributed by atoms with Crippen molar-refractivity contribution in [2.24, 2.45) is 0 Å². The van der Waals surface area contributed by atoms with Gasteiger partial charge in [-0.1, -0.05) is 32.9 Å². The molecule has 1 aromatic carbocycles. The largest absolute Gasteiger partial charge is 0.352 e. The van der Waals surface area contributed by atoms with Crippen molar-refractivity contribution in [3.63, 3.8) is 0 Å². The van der Waals surface area contributed by atoms with E-state index in [4.69, 9.17) is 0 Å². The smallest absolute Gasteiger partial charge is 0.256 e. The lowest BCUT2D eigenvalue weighted by Gasteiger charge is -2.32. The maximum atomic E-state index is 12.4. The maximum Gasteiger partial charge on any atom is 0.256 e. The zero-order valence-corrected chi connectivity index (χ0v) is 16.0. The first-order valence-corrected chi connectivity index (χ1v) is 9.07. The van der Waals surface area contributed by atoms with Crippen molar-refractivity contribution in [3.05, 3.63) is 47.5 Å². The number of carbonyl (C=O) groups excluding carboxylic acids is 2. The van der Waals surface area contributed by atoms with E-state index in [-0.39, 0.29) is 11.3 Å². The predicted molar refractivity (Wildman–Crippen MR) is 105 cm³/mol. The van der Waals surface area contributed by atoms with Crippen molar-refractivity contribution >= 4 is 24.0 Å². The highest BCUT2D eigenvalue weighted by molar-refractivity contribution is 6.03.